The van der Waals surface area contributed by atoms with Crippen LogP contribution in [0.1, 0.15) is 13.8 Å². The van der Waals surface area contributed by atoms with E-state index in [1.165, 1.54) is 0 Å². The predicted octanol–water partition coefficient (Wildman–Crippen LogP) is -0.738. The van der Waals surface area contributed by atoms with E-state index >= 15 is 0 Å². The van der Waals surface area contributed by atoms with Crippen LogP contribution in [0.15, 0.2) is 0 Å². The van der Waals surface area contributed by atoms with Crippen molar-refractivity contribution in [2.45, 2.75) is 13.8 Å². The van der Waals surface area contributed by atoms with Crippen LogP contribution in [0.5, 0.6) is 0 Å². The Morgan fingerprint density at radius 1 is 1.00 bits per heavy atom. The smallest absolute Gasteiger partial charge is 0.296 e. The molecule has 0 aromatic heterocycles. The van der Waals surface area contributed by atoms with Crippen LogP contribution >= 0.6 is 0 Å². The molecule has 0 radical (unpaired) electrons. The second-order valence-corrected chi connectivity index (χ2v) is 1.97. The van der Waals surface area contributed by atoms with Gasteiger partial charge in [0.2, 0.25) is 0 Å². The Hall–Kier alpha value is -1.50. The quantitative estimate of drug-likeness (QED) is 0.534. The maximum Gasteiger partial charge on any atom is 0.296 e. The van der Waals surface area contributed by atoms with Gasteiger partial charge in [0.25, 0.3) is 11.8 Å². The van der Waals surface area contributed by atoms with Gasteiger partial charge in [-0.25, -0.2) is 0 Å². The van der Waals surface area contributed by atoms with E-state index in [0.717, 1.165) is 0 Å². The van der Waals surface area contributed by atoms with Crippen molar-refractivity contribution in [1.82, 2.24) is 10.6 Å². The largest absolute Gasteiger partial charge is 0.346 e. The van der Waals surface area contributed by atoms with Gasteiger partial charge in [0.15, 0.2) is 0 Å². The fourth-order valence-corrected chi connectivity index (χ4v) is 0.523. The van der Waals surface area contributed by atoms with Crippen molar-refractivity contribution in [2.75, 3.05) is 13.1 Å². The third-order valence-electron chi connectivity index (χ3n) is 0.964. The maximum absolute atomic E-state index is 10.7. The lowest BCUT2D eigenvalue weighted by molar-refractivity contribution is -0.117. The highest BCUT2D eigenvalue weighted by Gasteiger charge is 1.93. The van der Waals surface area contributed by atoms with Crippen molar-refractivity contribution in [3.63, 3.8) is 0 Å². The molecule has 0 saturated carbocycles. The van der Waals surface area contributed by atoms with Gasteiger partial charge in [-0.15, -0.1) is 0 Å². The number of amides is 2. The average molecular weight is 168 g/mol. The minimum atomic E-state index is -0.427. The molecule has 0 aliphatic heterocycles. The Morgan fingerprint density at radius 2 is 1.33 bits per heavy atom. The van der Waals surface area contributed by atoms with Crippen LogP contribution in [0.2, 0.25) is 0 Å². The molecule has 66 valence electrons. The standard InChI is InChI=1S/C8H12N2O2/c1-3-9-7(11)5-6-8(12)10-4-2/h3-4H2,1-2H3,(H,9,11)(H,10,12). The predicted molar refractivity (Wildman–Crippen MR) is 45.1 cm³/mol. The summed E-state index contributed by atoms with van der Waals surface area (Å²) in [5, 5.41) is 4.90. The number of rotatable bonds is 2. The Balaban J connectivity index is 3.85. The zero-order valence-corrected chi connectivity index (χ0v) is 7.23. The van der Waals surface area contributed by atoms with Crippen molar-refractivity contribution in [2.24, 2.45) is 0 Å². The molecule has 2 N–H and O–H groups in total. The third-order valence-corrected chi connectivity index (χ3v) is 0.964. The summed E-state index contributed by atoms with van der Waals surface area (Å²) in [7, 11) is 0. The Bertz CT molecular complexity index is 203. The molecule has 0 bridgehead atoms. The normalized spacial score (nSPS) is 7.83. The first kappa shape index (κ1) is 10.5. The molecule has 2 amide bonds. The molecule has 0 rings (SSSR count). The topological polar surface area (TPSA) is 58.2 Å². The first-order valence-corrected chi connectivity index (χ1v) is 3.78. The number of hydrogen-bond acceptors (Lipinski definition) is 2. The molecule has 0 atom stereocenters. The lowest BCUT2D eigenvalue weighted by atomic mass is 10.5. The van der Waals surface area contributed by atoms with Gasteiger partial charge in [-0.2, -0.15) is 0 Å². The molecule has 0 heterocycles. The summed E-state index contributed by atoms with van der Waals surface area (Å²) in [5.74, 6) is 3.46. The monoisotopic (exact) mass is 168 g/mol. The molecule has 0 unspecified atom stereocenters. The van der Waals surface area contributed by atoms with Crippen LogP contribution in [0.25, 0.3) is 0 Å². The molecule has 0 aromatic rings. The van der Waals surface area contributed by atoms with E-state index in [2.05, 4.69) is 22.5 Å². The molecule has 0 aromatic carbocycles. The molecule has 0 saturated heterocycles. The van der Waals surface area contributed by atoms with Gasteiger partial charge in [0, 0.05) is 24.9 Å². The van der Waals surface area contributed by atoms with Crippen molar-refractivity contribution in [3.8, 4) is 11.8 Å². The second-order valence-electron chi connectivity index (χ2n) is 1.97. The molecule has 12 heavy (non-hydrogen) atoms. The van der Waals surface area contributed by atoms with Gasteiger partial charge in [0.1, 0.15) is 0 Å². The Kier molecular flexibility index (Phi) is 5.45. The van der Waals surface area contributed by atoms with E-state index in [1.807, 2.05) is 0 Å². The van der Waals surface area contributed by atoms with Crippen LogP contribution in [0, 0.1) is 11.8 Å². The van der Waals surface area contributed by atoms with E-state index < -0.39 is 11.8 Å². The molecule has 0 spiro atoms. The lowest BCUT2D eigenvalue weighted by Gasteiger charge is -1.92. The first-order valence-electron chi connectivity index (χ1n) is 3.78. The van der Waals surface area contributed by atoms with Crippen LogP contribution in [-0.2, 0) is 9.59 Å². The first-order chi connectivity index (χ1) is 5.70. The van der Waals surface area contributed by atoms with E-state index in [4.69, 9.17) is 0 Å². The zero-order chi connectivity index (χ0) is 9.40. The molecular formula is C8H12N2O2. The van der Waals surface area contributed by atoms with E-state index in [0.29, 0.717) is 13.1 Å². The molecule has 0 aliphatic rings. The van der Waals surface area contributed by atoms with Crippen LogP contribution in [0.4, 0.5) is 0 Å². The molecule has 4 heteroatoms. The summed E-state index contributed by atoms with van der Waals surface area (Å²) in [6, 6.07) is 0. The summed E-state index contributed by atoms with van der Waals surface area (Å²) in [6.07, 6.45) is 0. The van der Waals surface area contributed by atoms with Gasteiger partial charge in [-0.1, -0.05) is 0 Å². The minimum Gasteiger partial charge on any atom is -0.346 e. The Labute approximate surface area is 71.7 Å². The van der Waals surface area contributed by atoms with E-state index in [1.54, 1.807) is 13.8 Å². The van der Waals surface area contributed by atoms with Crippen molar-refractivity contribution in [1.29, 1.82) is 0 Å². The zero-order valence-electron chi connectivity index (χ0n) is 7.23. The lowest BCUT2D eigenvalue weighted by Crippen LogP contribution is -2.23. The molecule has 0 aliphatic carbocycles. The van der Waals surface area contributed by atoms with Gasteiger partial charge in [0.05, 0.1) is 0 Å². The van der Waals surface area contributed by atoms with E-state index in [-0.39, 0.29) is 0 Å². The summed E-state index contributed by atoms with van der Waals surface area (Å²) >= 11 is 0. The summed E-state index contributed by atoms with van der Waals surface area (Å²) in [4.78, 5) is 21.4. The van der Waals surface area contributed by atoms with Gasteiger partial charge >= 0.3 is 0 Å². The Morgan fingerprint density at radius 3 is 1.58 bits per heavy atom. The second kappa shape index (κ2) is 6.23. The molecular weight excluding hydrogens is 156 g/mol. The summed E-state index contributed by atoms with van der Waals surface area (Å²) in [6.45, 7) is 4.60. The van der Waals surface area contributed by atoms with Gasteiger partial charge in [-0.3, -0.25) is 9.59 Å². The number of nitrogens with one attached hydrogen (secondary N) is 2. The minimum absolute atomic E-state index is 0.427. The van der Waals surface area contributed by atoms with Crippen molar-refractivity contribution in [3.05, 3.63) is 0 Å². The van der Waals surface area contributed by atoms with Crippen LogP contribution in [-0.4, -0.2) is 24.9 Å². The molecule has 4 nitrogen and oxygen atoms in total. The SMILES string of the molecule is CCNC(=O)C#CC(=O)NCC. The number of carbonyl (C=O) groups excluding carboxylic acids is 2. The van der Waals surface area contributed by atoms with Crippen LogP contribution < -0.4 is 10.6 Å². The summed E-state index contributed by atoms with van der Waals surface area (Å²) < 4.78 is 0. The molecule has 0 fully saturated rings. The van der Waals surface area contributed by atoms with E-state index in [9.17, 15) is 9.59 Å². The fourth-order valence-electron chi connectivity index (χ4n) is 0.523. The maximum atomic E-state index is 10.7. The fraction of sp³-hybridized carbons (Fsp3) is 0.500. The number of carbonyl (C=O) groups is 2. The highest BCUT2D eigenvalue weighted by Crippen LogP contribution is 1.64. The third kappa shape index (κ3) is 5.30. The number of hydrogen-bond donors (Lipinski definition) is 2. The van der Waals surface area contributed by atoms with Gasteiger partial charge < -0.3 is 10.6 Å². The highest BCUT2D eigenvalue weighted by molar-refractivity contribution is 6.02. The summed E-state index contributed by atoms with van der Waals surface area (Å²) in [5.41, 5.74) is 0. The van der Waals surface area contributed by atoms with Gasteiger partial charge in [-0.05, 0) is 13.8 Å². The van der Waals surface area contributed by atoms with Crippen LogP contribution in [0.3, 0.4) is 0 Å². The highest BCUT2D eigenvalue weighted by atomic mass is 16.2. The van der Waals surface area contributed by atoms with Crippen molar-refractivity contribution >= 4 is 11.8 Å². The van der Waals surface area contributed by atoms with Crippen molar-refractivity contribution < 1.29 is 9.59 Å². The average Bonchev–Trinajstić information content (AvgIpc) is 2.02.